The van der Waals surface area contributed by atoms with E-state index in [2.05, 4.69) is 43.4 Å². The lowest BCUT2D eigenvalue weighted by Crippen LogP contribution is -1.89. The summed E-state index contributed by atoms with van der Waals surface area (Å²) in [4.78, 5) is 0. The molecule has 0 radical (unpaired) electrons. The van der Waals surface area contributed by atoms with Crippen molar-refractivity contribution in [2.24, 2.45) is 0 Å². The Balaban J connectivity index is 0.000000424. The van der Waals surface area contributed by atoms with E-state index in [1.54, 1.807) is 0 Å². The Labute approximate surface area is 82.2 Å². The third kappa shape index (κ3) is 5.42. The van der Waals surface area contributed by atoms with Gasteiger partial charge in [-0.15, -0.1) is 0 Å². The zero-order valence-electron chi connectivity index (χ0n) is 9.22. The molecule has 0 heterocycles. The van der Waals surface area contributed by atoms with E-state index in [0.29, 0.717) is 0 Å². The van der Waals surface area contributed by atoms with Crippen LogP contribution in [0.5, 0.6) is 0 Å². The Morgan fingerprint density at radius 1 is 1.15 bits per heavy atom. The molecule has 0 saturated heterocycles. The molecule has 13 heavy (non-hydrogen) atoms. The lowest BCUT2D eigenvalue weighted by Gasteiger charge is -2.01. The first-order valence-corrected chi connectivity index (χ1v) is 4.89. The molecule has 0 unspecified atom stereocenters. The maximum Gasteiger partial charge on any atom is -0.0167 e. The molecule has 0 aliphatic heterocycles. The van der Waals surface area contributed by atoms with Gasteiger partial charge in [-0.3, -0.25) is 0 Å². The van der Waals surface area contributed by atoms with Crippen molar-refractivity contribution in [3.8, 4) is 0 Å². The fourth-order valence-corrected chi connectivity index (χ4v) is 1.16. The van der Waals surface area contributed by atoms with Gasteiger partial charge >= 0.3 is 0 Å². The first-order chi connectivity index (χ1) is 6.26. The molecule has 0 aliphatic carbocycles. The third-order valence-electron chi connectivity index (χ3n) is 1.78. The molecular formula is C12H21N. The molecule has 1 N–H and O–H groups in total. The quantitative estimate of drug-likeness (QED) is 0.736. The van der Waals surface area contributed by atoms with Gasteiger partial charge in [0.1, 0.15) is 0 Å². The maximum atomic E-state index is 2.75. The topological polar surface area (TPSA) is 12.0 Å². The summed E-state index contributed by atoms with van der Waals surface area (Å²) in [5, 5.41) is 2.75. The van der Waals surface area contributed by atoms with E-state index in [1.165, 1.54) is 24.0 Å². The van der Waals surface area contributed by atoms with E-state index in [9.17, 15) is 0 Å². The van der Waals surface area contributed by atoms with Crippen LogP contribution in [-0.4, -0.2) is 14.1 Å². The molecule has 1 nitrogen and oxygen atoms in total. The average Bonchev–Trinajstić information content (AvgIpc) is 2.11. The van der Waals surface area contributed by atoms with E-state index >= 15 is 0 Å². The summed E-state index contributed by atoms with van der Waals surface area (Å²) in [5.74, 6) is 0. The minimum Gasteiger partial charge on any atom is -0.323 e. The highest BCUT2D eigenvalue weighted by molar-refractivity contribution is 5.25. The number of rotatable bonds is 2. The highest BCUT2D eigenvalue weighted by Crippen LogP contribution is 2.08. The Kier molecular flexibility index (Phi) is 7.32. The fourth-order valence-electron chi connectivity index (χ4n) is 1.16. The van der Waals surface area contributed by atoms with Crippen LogP contribution in [0.2, 0.25) is 0 Å². The SMILES string of the molecule is CCCc1ccccc1C.CNC. The van der Waals surface area contributed by atoms with E-state index in [4.69, 9.17) is 0 Å². The summed E-state index contributed by atoms with van der Waals surface area (Å²) in [6.07, 6.45) is 2.46. The van der Waals surface area contributed by atoms with Crippen LogP contribution in [0.1, 0.15) is 24.5 Å². The number of aryl methyl sites for hydroxylation is 2. The Morgan fingerprint density at radius 2 is 1.69 bits per heavy atom. The van der Waals surface area contributed by atoms with Crippen LogP contribution in [-0.2, 0) is 6.42 Å². The van der Waals surface area contributed by atoms with Gasteiger partial charge in [-0.2, -0.15) is 0 Å². The average molecular weight is 179 g/mol. The van der Waals surface area contributed by atoms with Gasteiger partial charge in [0, 0.05) is 0 Å². The van der Waals surface area contributed by atoms with Crippen LogP contribution < -0.4 is 5.32 Å². The van der Waals surface area contributed by atoms with Crippen molar-refractivity contribution >= 4 is 0 Å². The third-order valence-corrected chi connectivity index (χ3v) is 1.78. The predicted octanol–water partition coefficient (Wildman–Crippen LogP) is 2.78. The molecule has 0 aromatic heterocycles. The minimum absolute atomic E-state index is 1.21. The second-order valence-electron chi connectivity index (χ2n) is 3.18. The number of nitrogens with one attached hydrogen (secondary N) is 1. The van der Waals surface area contributed by atoms with Crippen molar-refractivity contribution in [1.82, 2.24) is 5.32 Å². The molecule has 74 valence electrons. The summed E-state index contributed by atoms with van der Waals surface area (Å²) < 4.78 is 0. The molecule has 1 heteroatoms. The molecule has 0 bridgehead atoms. The molecule has 1 rings (SSSR count). The van der Waals surface area contributed by atoms with Gasteiger partial charge < -0.3 is 5.32 Å². The van der Waals surface area contributed by atoms with Gasteiger partial charge in [-0.25, -0.2) is 0 Å². The number of hydrogen-bond acceptors (Lipinski definition) is 1. The first kappa shape index (κ1) is 12.2. The lowest BCUT2D eigenvalue weighted by molar-refractivity contribution is 0.913. The molecule has 0 fully saturated rings. The van der Waals surface area contributed by atoms with E-state index in [-0.39, 0.29) is 0 Å². The second-order valence-corrected chi connectivity index (χ2v) is 3.18. The molecule has 0 atom stereocenters. The smallest absolute Gasteiger partial charge is 0.0167 e. The molecular weight excluding hydrogens is 158 g/mol. The summed E-state index contributed by atoms with van der Waals surface area (Å²) >= 11 is 0. The van der Waals surface area contributed by atoms with Gasteiger partial charge in [0.15, 0.2) is 0 Å². The van der Waals surface area contributed by atoms with E-state index < -0.39 is 0 Å². The van der Waals surface area contributed by atoms with Crippen molar-refractivity contribution in [3.05, 3.63) is 35.4 Å². The van der Waals surface area contributed by atoms with Crippen molar-refractivity contribution in [3.63, 3.8) is 0 Å². The summed E-state index contributed by atoms with van der Waals surface area (Å²) in [7, 11) is 3.75. The highest BCUT2D eigenvalue weighted by Gasteiger charge is 1.92. The van der Waals surface area contributed by atoms with Crippen LogP contribution in [0.15, 0.2) is 24.3 Å². The van der Waals surface area contributed by atoms with Gasteiger partial charge in [0.05, 0.1) is 0 Å². The van der Waals surface area contributed by atoms with Crippen molar-refractivity contribution in [2.75, 3.05) is 14.1 Å². The van der Waals surface area contributed by atoms with E-state index in [1.807, 2.05) is 14.1 Å². The van der Waals surface area contributed by atoms with Gasteiger partial charge in [0.2, 0.25) is 0 Å². The molecule has 0 aliphatic rings. The number of hydrogen-bond donors (Lipinski definition) is 1. The van der Waals surface area contributed by atoms with Crippen LogP contribution in [0.4, 0.5) is 0 Å². The van der Waals surface area contributed by atoms with Crippen molar-refractivity contribution in [2.45, 2.75) is 26.7 Å². The standard InChI is InChI=1S/C10H14.C2H7N/c1-3-6-10-8-5-4-7-9(10)2;1-3-2/h4-5,7-8H,3,6H2,1-2H3;3H,1-2H3. The molecule has 0 amide bonds. The van der Waals surface area contributed by atoms with Gasteiger partial charge in [-0.1, -0.05) is 37.6 Å². The Hall–Kier alpha value is -0.820. The van der Waals surface area contributed by atoms with Crippen molar-refractivity contribution in [1.29, 1.82) is 0 Å². The maximum absolute atomic E-state index is 2.75. The molecule has 0 spiro atoms. The van der Waals surface area contributed by atoms with E-state index in [0.717, 1.165) is 0 Å². The van der Waals surface area contributed by atoms with Crippen LogP contribution >= 0.6 is 0 Å². The van der Waals surface area contributed by atoms with Crippen LogP contribution in [0.3, 0.4) is 0 Å². The Morgan fingerprint density at radius 3 is 2.15 bits per heavy atom. The predicted molar refractivity (Wildman–Crippen MR) is 60.2 cm³/mol. The molecule has 0 saturated carbocycles. The Bertz CT molecular complexity index is 218. The molecule has 1 aromatic rings. The van der Waals surface area contributed by atoms with Gasteiger partial charge in [0.25, 0.3) is 0 Å². The zero-order chi connectivity index (χ0) is 10.1. The minimum atomic E-state index is 1.21. The summed E-state index contributed by atoms with van der Waals surface area (Å²) in [5.41, 5.74) is 2.91. The normalized spacial score (nSPS) is 8.92. The fraction of sp³-hybridized carbons (Fsp3) is 0.500. The van der Waals surface area contributed by atoms with Crippen molar-refractivity contribution < 1.29 is 0 Å². The first-order valence-electron chi connectivity index (χ1n) is 4.89. The summed E-state index contributed by atoms with van der Waals surface area (Å²) in [6.45, 7) is 4.39. The largest absolute Gasteiger partial charge is 0.323 e. The molecule has 1 aromatic carbocycles. The zero-order valence-corrected chi connectivity index (χ0v) is 9.22. The highest BCUT2D eigenvalue weighted by atomic mass is 14.7. The van der Waals surface area contributed by atoms with Crippen LogP contribution in [0, 0.1) is 6.92 Å². The van der Waals surface area contributed by atoms with Gasteiger partial charge in [-0.05, 0) is 38.6 Å². The van der Waals surface area contributed by atoms with Crippen LogP contribution in [0.25, 0.3) is 0 Å². The second kappa shape index (κ2) is 7.81. The monoisotopic (exact) mass is 179 g/mol. The lowest BCUT2D eigenvalue weighted by atomic mass is 10.1. The summed E-state index contributed by atoms with van der Waals surface area (Å²) in [6, 6.07) is 8.58. The number of benzene rings is 1.